The van der Waals surface area contributed by atoms with Crippen LogP contribution in [0.2, 0.25) is 0 Å². The van der Waals surface area contributed by atoms with Crippen molar-refractivity contribution < 1.29 is 22.7 Å². The highest BCUT2D eigenvalue weighted by Crippen LogP contribution is 2.36. The molecular weight excluding hydrogens is 607 g/mol. The van der Waals surface area contributed by atoms with Crippen LogP contribution >= 0.6 is 15.9 Å². The molecule has 0 unspecified atom stereocenters. The van der Waals surface area contributed by atoms with Crippen molar-refractivity contribution in [3.63, 3.8) is 0 Å². The zero-order chi connectivity index (χ0) is 29.9. The number of benzene rings is 3. The van der Waals surface area contributed by atoms with Gasteiger partial charge in [-0.1, -0.05) is 54.0 Å². The molecule has 4 aromatic rings. The number of nitrogens with zero attached hydrogens (tertiary/aromatic N) is 1. The van der Waals surface area contributed by atoms with E-state index in [1.807, 2.05) is 50.2 Å². The standard InChI is InChI=1S/C33H35BrF3N3O2/c1-21(2)32(41)38-26-9-4-6-23(19-26)22-13-16-40(17-14-22)15-5-10-28-29-20-27(42-33(35,36)37)11-12-30(29)39-31(28)24-7-3-8-25(34)18-24/h3-4,6-9,11-12,18-22,39H,5,10,13-17H2,1-2H3,(H,38,41). The van der Waals surface area contributed by atoms with Gasteiger partial charge in [0.05, 0.1) is 0 Å². The van der Waals surface area contributed by atoms with Crippen LogP contribution in [0.15, 0.2) is 71.2 Å². The maximum Gasteiger partial charge on any atom is 0.573 e. The van der Waals surface area contributed by atoms with E-state index in [9.17, 15) is 18.0 Å². The van der Waals surface area contributed by atoms with Crippen LogP contribution in [0.4, 0.5) is 18.9 Å². The molecule has 1 aliphatic rings. The van der Waals surface area contributed by atoms with Gasteiger partial charge in [0.2, 0.25) is 5.91 Å². The molecule has 5 rings (SSSR count). The summed E-state index contributed by atoms with van der Waals surface area (Å²) in [4.78, 5) is 18.0. The lowest BCUT2D eigenvalue weighted by atomic mass is 9.89. The first kappa shape index (κ1) is 30.2. The number of nitrogens with one attached hydrogen (secondary N) is 2. The van der Waals surface area contributed by atoms with Crippen LogP contribution in [0.3, 0.4) is 0 Å². The van der Waals surface area contributed by atoms with Crippen molar-refractivity contribution in [3.05, 3.63) is 82.3 Å². The van der Waals surface area contributed by atoms with E-state index in [-0.39, 0.29) is 17.6 Å². The van der Waals surface area contributed by atoms with Gasteiger partial charge in [-0.3, -0.25) is 4.79 Å². The molecule has 1 amide bonds. The summed E-state index contributed by atoms with van der Waals surface area (Å²) < 4.78 is 44.0. The number of rotatable bonds is 9. The van der Waals surface area contributed by atoms with Crippen molar-refractivity contribution in [3.8, 4) is 17.0 Å². The average Bonchev–Trinajstić information content (AvgIpc) is 3.30. The molecule has 1 fully saturated rings. The molecular formula is C33H35BrF3N3O2. The largest absolute Gasteiger partial charge is 0.573 e. The highest BCUT2D eigenvalue weighted by molar-refractivity contribution is 9.10. The Hall–Kier alpha value is -3.30. The van der Waals surface area contributed by atoms with Crippen molar-refractivity contribution in [1.29, 1.82) is 0 Å². The van der Waals surface area contributed by atoms with Gasteiger partial charge in [0, 0.05) is 32.7 Å². The Kier molecular flexibility index (Phi) is 9.28. The first-order valence-corrected chi connectivity index (χ1v) is 15.1. The maximum absolute atomic E-state index is 12.9. The van der Waals surface area contributed by atoms with Crippen LogP contribution in [0.1, 0.15) is 50.2 Å². The molecule has 0 atom stereocenters. The number of likely N-dealkylation sites (tertiary alicyclic amines) is 1. The number of aromatic amines is 1. The van der Waals surface area contributed by atoms with E-state index in [1.54, 1.807) is 6.07 Å². The molecule has 3 aromatic carbocycles. The van der Waals surface area contributed by atoms with E-state index in [2.05, 4.69) is 48.0 Å². The third-order valence-corrected chi connectivity index (χ3v) is 8.36. The second-order valence-corrected chi connectivity index (χ2v) is 12.1. The SMILES string of the molecule is CC(C)C(=O)Nc1cccc(C2CCN(CCCc3c(-c4cccc(Br)c4)[nH]c4ccc(OC(F)(F)F)cc34)CC2)c1. The number of aryl methyl sites for hydroxylation is 1. The van der Waals surface area contributed by atoms with Gasteiger partial charge < -0.3 is 19.9 Å². The number of ether oxygens (including phenoxy) is 1. The predicted molar refractivity (Wildman–Crippen MR) is 165 cm³/mol. The van der Waals surface area contributed by atoms with Gasteiger partial charge in [-0.25, -0.2) is 0 Å². The molecule has 9 heteroatoms. The Labute approximate surface area is 252 Å². The second kappa shape index (κ2) is 12.9. The van der Waals surface area contributed by atoms with Gasteiger partial charge in [-0.05, 0) is 110 Å². The van der Waals surface area contributed by atoms with E-state index in [0.717, 1.165) is 83.2 Å². The molecule has 5 nitrogen and oxygen atoms in total. The third kappa shape index (κ3) is 7.55. The maximum atomic E-state index is 12.9. The third-order valence-electron chi connectivity index (χ3n) is 7.86. The van der Waals surface area contributed by atoms with Crippen molar-refractivity contribution in [2.75, 3.05) is 25.0 Å². The lowest BCUT2D eigenvalue weighted by molar-refractivity contribution is -0.274. The number of aromatic nitrogens is 1. The Morgan fingerprint density at radius 1 is 1.07 bits per heavy atom. The predicted octanol–water partition coefficient (Wildman–Crippen LogP) is 8.90. The number of alkyl halides is 3. The number of H-pyrrole nitrogens is 1. The number of hydrogen-bond donors (Lipinski definition) is 2. The molecule has 2 heterocycles. The van der Waals surface area contributed by atoms with Crippen molar-refractivity contribution >= 4 is 38.4 Å². The van der Waals surface area contributed by atoms with Crippen LogP contribution in [0, 0.1) is 5.92 Å². The molecule has 0 radical (unpaired) electrons. The van der Waals surface area contributed by atoms with Gasteiger partial charge >= 0.3 is 6.36 Å². The van der Waals surface area contributed by atoms with Gasteiger partial charge in [-0.15, -0.1) is 13.2 Å². The van der Waals surface area contributed by atoms with E-state index in [0.29, 0.717) is 5.92 Å². The smallest absolute Gasteiger partial charge is 0.406 e. The van der Waals surface area contributed by atoms with E-state index in [4.69, 9.17) is 0 Å². The van der Waals surface area contributed by atoms with Crippen molar-refractivity contribution in [2.45, 2.75) is 51.8 Å². The minimum atomic E-state index is -4.74. The first-order chi connectivity index (χ1) is 20.1. The number of anilines is 1. The normalized spacial score (nSPS) is 14.9. The molecule has 1 aromatic heterocycles. The summed E-state index contributed by atoms with van der Waals surface area (Å²) in [5, 5.41) is 3.74. The Bertz CT molecular complexity index is 1540. The summed E-state index contributed by atoms with van der Waals surface area (Å²) in [5.41, 5.74) is 5.76. The van der Waals surface area contributed by atoms with Crippen molar-refractivity contribution in [2.24, 2.45) is 5.92 Å². The topological polar surface area (TPSA) is 57.4 Å². The highest BCUT2D eigenvalue weighted by atomic mass is 79.9. The fraction of sp³-hybridized carbons (Fsp3) is 0.364. The molecule has 42 heavy (non-hydrogen) atoms. The Balaban J connectivity index is 1.25. The molecule has 0 aliphatic carbocycles. The quantitative estimate of drug-likeness (QED) is 0.192. The molecule has 222 valence electrons. The number of carbonyl (C=O) groups excluding carboxylic acids is 1. The van der Waals surface area contributed by atoms with Crippen LogP contribution in [0.25, 0.3) is 22.2 Å². The second-order valence-electron chi connectivity index (χ2n) is 11.2. The summed E-state index contributed by atoms with van der Waals surface area (Å²) in [6.07, 6.45) is -1.08. The number of halogens is 4. The highest BCUT2D eigenvalue weighted by Gasteiger charge is 2.31. The summed E-state index contributed by atoms with van der Waals surface area (Å²) in [6.45, 7) is 6.62. The summed E-state index contributed by atoms with van der Waals surface area (Å²) in [5.74, 6) is 0.179. The van der Waals surface area contributed by atoms with Crippen LogP contribution in [0.5, 0.6) is 5.75 Å². The minimum Gasteiger partial charge on any atom is -0.406 e. The number of fused-ring (bicyclic) bond motifs is 1. The molecule has 0 spiro atoms. The fourth-order valence-corrected chi connectivity index (χ4v) is 6.10. The summed E-state index contributed by atoms with van der Waals surface area (Å²) >= 11 is 3.53. The lowest BCUT2D eigenvalue weighted by Crippen LogP contribution is -2.33. The average molecular weight is 643 g/mol. The van der Waals surface area contributed by atoms with Gasteiger partial charge in [0.1, 0.15) is 5.75 Å². The Morgan fingerprint density at radius 2 is 1.83 bits per heavy atom. The van der Waals surface area contributed by atoms with Crippen LogP contribution in [-0.4, -0.2) is 41.8 Å². The zero-order valence-corrected chi connectivity index (χ0v) is 25.3. The van der Waals surface area contributed by atoms with Crippen LogP contribution in [-0.2, 0) is 11.2 Å². The van der Waals surface area contributed by atoms with E-state index < -0.39 is 6.36 Å². The molecule has 0 saturated carbocycles. The van der Waals surface area contributed by atoms with Crippen molar-refractivity contribution in [1.82, 2.24) is 9.88 Å². The molecule has 2 N–H and O–H groups in total. The van der Waals surface area contributed by atoms with E-state index in [1.165, 1.54) is 17.7 Å². The fourth-order valence-electron chi connectivity index (χ4n) is 5.70. The van der Waals surface area contributed by atoms with E-state index >= 15 is 0 Å². The minimum absolute atomic E-state index is 0.0179. The number of piperidine rings is 1. The van der Waals surface area contributed by atoms with Gasteiger partial charge in [-0.2, -0.15) is 0 Å². The zero-order valence-electron chi connectivity index (χ0n) is 23.7. The lowest BCUT2D eigenvalue weighted by Gasteiger charge is -2.32. The number of amides is 1. The first-order valence-electron chi connectivity index (χ1n) is 14.3. The van der Waals surface area contributed by atoms with Crippen LogP contribution < -0.4 is 10.1 Å². The van der Waals surface area contributed by atoms with Gasteiger partial charge in [0.15, 0.2) is 0 Å². The summed E-state index contributed by atoms with van der Waals surface area (Å²) in [7, 11) is 0. The van der Waals surface area contributed by atoms with Gasteiger partial charge in [0.25, 0.3) is 0 Å². The number of carbonyl (C=O) groups is 1. The monoisotopic (exact) mass is 641 g/mol. The molecule has 1 aliphatic heterocycles. The Morgan fingerprint density at radius 3 is 2.55 bits per heavy atom. The molecule has 0 bridgehead atoms. The summed E-state index contributed by atoms with van der Waals surface area (Å²) in [6, 6.07) is 20.6. The number of hydrogen-bond acceptors (Lipinski definition) is 3. The molecule has 1 saturated heterocycles.